The Morgan fingerprint density at radius 1 is 1.13 bits per heavy atom. The predicted molar refractivity (Wildman–Crippen MR) is 97.6 cm³/mol. The van der Waals surface area contributed by atoms with Gasteiger partial charge in [0.05, 0.1) is 23.5 Å². The van der Waals surface area contributed by atoms with Gasteiger partial charge in [0.1, 0.15) is 5.75 Å². The first-order valence-electron chi connectivity index (χ1n) is 6.97. The molecule has 0 radical (unpaired) electrons. The zero-order valence-electron chi connectivity index (χ0n) is 12.7. The van der Waals surface area contributed by atoms with Gasteiger partial charge in [-0.15, -0.1) is 0 Å². The average molecular weight is 393 g/mol. The Hall–Kier alpha value is -1.98. The first-order valence-corrected chi connectivity index (χ1v) is 8.14. The van der Waals surface area contributed by atoms with Crippen molar-refractivity contribution in [2.24, 2.45) is 7.05 Å². The lowest BCUT2D eigenvalue weighted by molar-refractivity contribution is 0.416. The third-order valence-electron chi connectivity index (χ3n) is 3.48. The lowest BCUT2D eigenvalue weighted by atomic mass is 10.1. The number of aromatic nitrogens is 2. The fourth-order valence-corrected chi connectivity index (χ4v) is 3.07. The summed E-state index contributed by atoms with van der Waals surface area (Å²) in [5.41, 5.74) is 3.84. The van der Waals surface area contributed by atoms with Crippen LogP contribution in [0.1, 0.15) is 0 Å². The smallest absolute Gasteiger partial charge is 0.128 e. The van der Waals surface area contributed by atoms with Crippen molar-refractivity contribution < 1.29 is 4.74 Å². The molecular formula is C17H15BrClN3O. The van der Waals surface area contributed by atoms with Crippen molar-refractivity contribution in [1.29, 1.82) is 0 Å². The van der Waals surface area contributed by atoms with Crippen molar-refractivity contribution in [2.45, 2.75) is 0 Å². The lowest BCUT2D eigenvalue weighted by Crippen LogP contribution is -1.98. The molecule has 0 atom stereocenters. The Morgan fingerprint density at radius 3 is 2.43 bits per heavy atom. The molecule has 0 bridgehead atoms. The second-order valence-electron chi connectivity index (χ2n) is 5.01. The van der Waals surface area contributed by atoms with Crippen molar-refractivity contribution in [1.82, 2.24) is 9.78 Å². The quantitative estimate of drug-likeness (QED) is 0.658. The number of benzene rings is 2. The molecule has 0 aliphatic heterocycles. The van der Waals surface area contributed by atoms with Crippen LogP contribution in [0.4, 0.5) is 11.4 Å². The number of anilines is 2. The normalized spacial score (nSPS) is 10.6. The van der Waals surface area contributed by atoms with E-state index >= 15 is 0 Å². The highest BCUT2D eigenvalue weighted by molar-refractivity contribution is 9.10. The number of methoxy groups -OCH3 is 1. The Morgan fingerprint density at radius 2 is 1.83 bits per heavy atom. The number of hydrogen-bond acceptors (Lipinski definition) is 3. The third-order valence-corrected chi connectivity index (χ3v) is 4.31. The molecule has 0 amide bonds. The van der Waals surface area contributed by atoms with Crippen LogP contribution in [0.2, 0.25) is 5.02 Å². The topological polar surface area (TPSA) is 39.1 Å². The van der Waals surface area contributed by atoms with Crippen LogP contribution in [0.25, 0.3) is 11.3 Å². The van der Waals surface area contributed by atoms with Gasteiger partial charge in [-0.25, -0.2) is 0 Å². The molecule has 0 saturated heterocycles. The van der Waals surface area contributed by atoms with Crippen molar-refractivity contribution in [2.75, 3.05) is 12.4 Å². The van der Waals surface area contributed by atoms with Crippen LogP contribution < -0.4 is 10.1 Å². The molecule has 1 N–H and O–H groups in total. The Balaban J connectivity index is 2.01. The summed E-state index contributed by atoms with van der Waals surface area (Å²) in [5.74, 6) is 0.788. The van der Waals surface area contributed by atoms with E-state index in [9.17, 15) is 0 Å². The van der Waals surface area contributed by atoms with Crippen LogP contribution in [0.3, 0.4) is 0 Å². The minimum absolute atomic E-state index is 0.713. The van der Waals surface area contributed by atoms with Gasteiger partial charge in [0.15, 0.2) is 0 Å². The molecule has 0 saturated carbocycles. The molecule has 23 heavy (non-hydrogen) atoms. The molecule has 4 nitrogen and oxygen atoms in total. The number of ether oxygens (including phenoxy) is 1. The zero-order valence-corrected chi connectivity index (χ0v) is 15.0. The molecule has 0 spiro atoms. The van der Waals surface area contributed by atoms with Crippen molar-refractivity contribution in [3.63, 3.8) is 0 Å². The van der Waals surface area contributed by atoms with E-state index in [1.54, 1.807) is 13.3 Å². The Kier molecular flexibility index (Phi) is 4.59. The average Bonchev–Trinajstić information content (AvgIpc) is 2.88. The monoisotopic (exact) mass is 391 g/mol. The summed E-state index contributed by atoms with van der Waals surface area (Å²) in [5, 5.41) is 8.35. The highest BCUT2D eigenvalue weighted by atomic mass is 79.9. The van der Waals surface area contributed by atoms with Gasteiger partial charge in [-0.3, -0.25) is 4.68 Å². The van der Waals surface area contributed by atoms with Crippen LogP contribution in [0.15, 0.2) is 53.1 Å². The second kappa shape index (κ2) is 6.64. The number of hydrogen-bond donors (Lipinski definition) is 1. The van der Waals surface area contributed by atoms with Crippen LogP contribution >= 0.6 is 27.5 Å². The maximum atomic E-state index is 5.92. The first kappa shape index (κ1) is 15.9. The fraction of sp³-hybridized carbons (Fsp3) is 0.118. The summed E-state index contributed by atoms with van der Waals surface area (Å²) in [6.45, 7) is 0. The second-order valence-corrected chi connectivity index (χ2v) is 6.30. The molecule has 3 aromatic rings. The van der Waals surface area contributed by atoms with Gasteiger partial charge in [0.2, 0.25) is 0 Å². The summed E-state index contributed by atoms with van der Waals surface area (Å²) in [7, 11) is 3.56. The molecule has 118 valence electrons. The van der Waals surface area contributed by atoms with Gasteiger partial charge in [-0.05, 0) is 58.4 Å². The van der Waals surface area contributed by atoms with E-state index in [0.29, 0.717) is 5.02 Å². The number of halogens is 2. The third kappa shape index (κ3) is 3.35. The fourth-order valence-electron chi connectivity index (χ4n) is 2.38. The molecule has 1 heterocycles. The van der Waals surface area contributed by atoms with Crippen molar-refractivity contribution >= 4 is 38.9 Å². The van der Waals surface area contributed by atoms with Crippen LogP contribution in [0, 0.1) is 0 Å². The molecule has 2 aromatic carbocycles. The van der Waals surface area contributed by atoms with E-state index in [1.165, 1.54) is 0 Å². The van der Waals surface area contributed by atoms with E-state index in [-0.39, 0.29) is 0 Å². The minimum Gasteiger partial charge on any atom is -0.496 e. The van der Waals surface area contributed by atoms with Gasteiger partial charge in [0.25, 0.3) is 0 Å². The van der Waals surface area contributed by atoms with Gasteiger partial charge < -0.3 is 10.1 Å². The molecular weight excluding hydrogens is 378 g/mol. The zero-order chi connectivity index (χ0) is 16.4. The van der Waals surface area contributed by atoms with Gasteiger partial charge in [-0.2, -0.15) is 5.10 Å². The highest BCUT2D eigenvalue weighted by Gasteiger charge is 2.14. The van der Waals surface area contributed by atoms with Crippen molar-refractivity contribution in [3.05, 3.63) is 58.2 Å². The van der Waals surface area contributed by atoms with Crippen LogP contribution in [0.5, 0.6) is 5.75 Å². The first-order chi connectivity index (χ1) is 11.1. The number of aryl methyl sites for hydroxylation is 1. The van der Waals surface area contributed by atoms with E-state index in [2.05, 4.69) is 26.3 Å². The van der Waals surface area contributed by atoms with E-state index < -0.39 is 0 Å². The molecule has 0 aliphatic rings. The van der Waals surface area contributed by atoms with Gasteiger partial charge in [-0.1, -0.05) is 11.6 Å². The minimum atomic E-state index is 0.713. The molecule has 6 heteroatoms. The summed E-state index contributed by atoms with van der Waals surface area (Å²) >= 11 is 9.47. The predicted octanol–water partition coefficient (Wildman–Crippen LogP) is 5.26. The number of rotatable bonds is 4. The number of nitrogens with one attached hydrogen (secondary N) is 1. The summed E-state index contributed by atoms with van der Waals surface area (Å²) in [4.78, 5) is 0. The van der Waals surface area contributed by atoms with Crippen LogP contribution in [-0.2, 0) is 7.05 Å². The van der Waals surface area contributed by atoms with E-state index in [4.69, 9.17) is 16.3 Å². The SMILES string of the molecule is COc1ccc(Nc2ccc(Cl)cc2)cc1-c1c(Br)cnn1C. The largest absolute Gasteiger partial charge is 0.496 e. The van der Waals surface area contributed by atoms with E-state index in [1.807, 2.05) is 54.2 Å². The summed E-state index contributed by atoms with van der Waals surface area (Å²) < 4.78 is 8.22. The van der Waals surface area contributed by atoms with E-state index in [0.717, 1.165) is 32.9 Å². The maximum absolute atomic E-state index is 5.92. The number of nitrogens with zero attached hydrogens (tertiary/aromatic N) is 2. The van der Waals surface area contributed by atoms with Gasteiger partial charge in [0, 0.05) is 29.0 Å². The van der Waals surface area contributed by atoms with Crippen molar-refractivity contribution in [3.8, 4) is 17.0 Å². The summed E-state index contributed by atoms with van der Waals surface area (Å²) in [6, 6.07) is 13.5. The molecule has 1 aromatic heterocycles. The Labute approximate surface area is 148 Å². The van der Waals surface area contributed by atoms with Gasteiger partial charge >= 0.3 is 0 Å². The highest BCUT2D eigenvalue weighted by Crippen LogP contribution is 2.37. The maximum Gasteiger partial charge on any atom is 0.128 e. The molecule has 0 unspecified atom stereocenters. The Bertz CT molecular complexity index is 811. The lowest BCUT2D eigenvalue weighted by Gasteiger charge is -2.13. The van der Waals surface area contributed by atoms with Crippen LogP contribution in [-0.4, -0.2) is 16.9 Å². The molecule has 0 aliphatic carbocycles. The standard InChI is InChI=1S/C17H15BrClN3O/c1-22-17(15(18)10-20-22)14-9-13(7-8-16(14)23-2)21-12-5-3-11(19)4-6-12/h3-10,21H,1-2H3. The molecule has 3 rings (SSSR count). The summed E-state index contributed by atoms with van der Waals surface area (Å²) in [6.07, 6.45) is 1.77. The molecule has 0 fully saturated rings.